The van der Waals surface area contributed by atoms with E-state index in [4.69, 9.17) is 14.2 Å². The number of fused-ring (bicyclic) bond motifs is 1. The van der Waals surface area contributed by atoms with Crippen LogP contribution < -0.4 is 20.1 Å². The summed E-state index contributed by atoms with van der Waals surface area (Å²) in [7, 11) is 1.38. The van der Waals surface area contributed by atoms with Crippen molar-refractivity contribution in [3.63, 3.8) is 0 Å². The van der Waals surface area contributed by atoms with Crippen LogP contribution in [0.1, 0.15) is 49.5 Å². The highest BCUT2D eigenvalue weighted by atomic mass is 19.1. The number of pyridine rings is 1. The number of nitrogens with zero attached hydrogens (tertiary/aromatic N) is 4. The first-order valence-electron chi connectivity index (χ1n) is 13.4. The largest absolute Gasteiger partial charge is 0.487 e. The second kappa shape index (κ2) is 12.1. The van der Waals surface area contributed by atoms with Gasteiger partial charge in [0.15, 0.2) is 23.0 Å². The SMILES string of the molecule is COc1ncc(-c2ccc3nc(NC(C)=O)cn3n2)cc1C(=O)NCc1cc(F)cc(F)c1OC1CC(C)OC(C)C1. The molecule has 3 aromatic heterocycles. The fourth-order valence-electron chi connectivity index (χ4n) is 4.95. The first kappa shape index (κ1) is 28.9. The maximum absolute atomic E-state index is 14.9. The number of benzene rings is 1. The summed E-state index contributed by atoms with van der Waals surface area (Å²) in [4.78, 5) is 33.2. The van der Waals surface area contributed by atoms with Crippen LogP contribution in [0.5, 0.6) is 11.6 Å². The van der Waals surface area contributed by atoms with Gasteiger partial charge in [-0.25, -0.2) is 23.3 Å². The average molecular weight is 581 g/mol. The first-order chi connectivity index (χ1) is 20.1. The van der Waals surface area contributed by atoms with Crippen molar-refractivity contribution in [3.8, 4) is 22.9 Å². The molecule has 4 aromatic rings. The van der Waals surface area contributed by atoms with Gasteiger partial charge in [0.2, 0.25) is 11.8 Å². The van der Waals surface area contributed by atoms with E-state index in [1.54, 1.807) is 24.4 Å². The van der Waals surface area contributed by atoms with Crippen LogP contribution >= 0.6 is 0 Å². The highest BCUT2D eigenvalue weighted by molar-refractivity contribution is 5.97. The van der Waals surface area contributed by atoms with Gasteiger partial charge < -0.3 is 24.8 Å². The number of amides is 2. The van der Waals surface area contributed by atoms with Gasteiger partial charge in [-0.05, 0) is 38.1 Å². The fourth-order valence-corrected chi connectivity index (χ4v) is 4.95. The van der Waals surface area contributed by atoms with Crippen molar-refractivity contribution in [3.05, 3.63) is 65.5 Å². The number of ether oxygens (including phenoxy) is 3. The number of anilines is 1. The Morgan fingerprint density at radius 1 is 1.14 bits per heavy atom. The second-order valence-corrected chi connectivity index (χ2v) is 10.1. The molecule has 0 spiro atoms. The molecular weight excluding hydrogens is 550 g/mol. The lowest BCUT2D eigenvalue weighted by atomic mass is 10.0. The lowest BCUT2D eigenvalue weighted by Gasteiger charge is -2.32. The molecule has 42 heavy (non-hydrogen) atoms. The molecule has 0 saturated carbocycles. The van der Waals surface area contributed by atoms with E-state index >= 15 is 0 Å². The molecule has 2 amide bonds. The van der Waals surface area contributed by atoms with E-state index in [2.05, 4.69) is 25.7 Å². The van der Waals surface area contributed by atoms with E-state index in [0.717, 1.165) is 12.1 Å². The lowest BCUT2D eigenvalue weighted by molar-refractivity contribution is -0.114. The van der Waals surface area contributed by atoms with Gasteiger partial charge in [0.1, 0.15) is 17.5 Å². The van der Waals surface area contributed by atoms with E-state index in [1.807, 2.05) is 13.8 Å². The molecule has 1 aliphatic rings. The van der Waals surface area contributed by atoms with Gasteiger partial charge in [0.05, 0.1) is 31.2 Å². The molecule has 2 unspecified atom stereocenters. The first-order valence-corrected chi connectivity index (χ1v) is 13.4. The predicted octanol–water partition coefficient (Wildman–Crippen LogP) is 4.30. The number of imidazole rings is 1. The maximum atomic E-state index is 14.9. The fraction of sp³-hybridized carbons (Fsp3) is 0.345. The van der Waals surface area contributed by atoms with Gasteiger partial charge in [-0.15, -0.1) is 0 Å². The van der Waals surface area contributed by atoms with Crippen LogP contribution in [0.25, 0.3) is 16.9 Å². The molecule has 1 aromatic carbocycles. The third-order valence-electron chi connectivity index (χ3n) is 6.67. The highest BCUT2D eigenvalue weighted by Gasteiger charge is 2.28. The Morgan fingerprint density at radius 2 is 1.90 bits per heavy atom. The van der Waals surface area contributed by atoms with Crippen LogP contribution in [0.4, 0.5) is 14.6 Å². The number of methoxy groups -OCH3 is 1. The average Bonchev–Trinajstić information content (AvgIpc) is 3.33. The van der Waals surface area contributed by atoms with E-state index in [0.29, 0.717) is 35.6 Å². The van der Waals surface area contributed by atoms with Gasteiger partial charge in [-0.3, -0.25) is 9.59 Å². The van der Waals surface area contributed by atoms with Gasteiger partial charge in [0.25, 0.3) is 5.91 Å². The third-order valence-corrected chi connectivity index (χ3v) is 6.67. The number of halogens is 2. The third kappa shape index (κ3) is 6.46. The molecule has 0 aliphatic carbocycles. The van der Waals surface area contributed by atoms with Crippen molar-refractivity contribution in [1.82, 2.24) is 24.9 Å². The maximum Gasteiger partial charge on any atom is 0.257 e. The molecule has 0 bridgehead atoms. The Labute approximate surface area is 240 Å². The highest BCUT2D eigenvalue weighted by Crippen LogP contribution is 2.30. The van der Waals surface area contributed by atoms with E-state index < -0.39 is 17.5 Å². The minimum atomic E-state index is -0.852. The number of rotatable bonds is 8. The number of carbonyl (C=O) groups is 2. The Morgan fingerprint density at radius 3 is 2.62 bits per heavy atom. The van der Waals surface area contributed by atoms with E-state index in [1.165, 1.54) is 24.7 Å². The number of nitrogens with one attached hydrogen (secondary N) is 2. The molecule has 1 aliphatic heterocycles. The predicted molar refractivity (Wildman–Crippen MR) is 148 cm³/mol. The van der Waals surface area contributed by atoms with Gasteiger partial charge >= 0.3 is 0 Å². The summed E-state index contributed by atoms with van der Waals surface area (Å²) in [5.74, 6) is -2.20. The molecular formula is C29H30F2N6O5. The van der Waals surface area contributed by atoms with E-state index in [-0.39, 0.29) is 53.5 Å². The van der Waals surface area contributed by atoms with Crippen molar-refractivity contribution in [2.24, 2.45) is 0 Å². The minimum absolute atomic E-state index is 0.0555. The quantitative estimate of drug-likeness (QED) is 0.316. The molecule has 2 atom stereocenters. The normalized spacial score (nSPS) is 18.5. The molecule has 1 fully saturated rings. The Balaban J connectivity index is 1.37. The topological polar surface area (TPSA) is 129 Å². The monoisotopic (exact) mass is 580 g/mol. The Hall–Kier alpha value is -4.65. The van der Waals surface area contributed by atoms with Crippen LogP contribution in [-0.2, 0) is 16.1 Å². The summed E-state index contributed by atoms with van der Waals surface area (Å²) >= 11 is 0. The summed E-state index contributed by atoms with van der Waals surface area (Å²) in [6, 6.07) is 6.85. The minimum Gasteiger partial charge on any atom is -0.487 e. The lowest BCUT2D eigenvalue weighted by Crippen LogP contribution is -2.36. The van der Waals surface area contributed by atoms with Crippen LogP contribution in [0.15, 0.2) is 42.7 Å². The summed E-state index contributed by atoms with van der Waals surface area (Å²) in [5.41, 5.74) is 1.72. The molecule has 4 heterocycles. The van der Waals surface area contributed by atoms with Crippen molar-refractivity contribution < 1.29 is 32.6 Å². The van der Waals surface area contributed by atoms with Gasteiger partial charge in [0, 0.05) is 49.7 Å². The zero-order valence-corrected chi connectivity index (χ0v) is 23.5. The zero-order chi connectivity index (χ0) is 30.0. The molecule has 0 radical (unpaired) electrons. The van der Waals surface area contributed by atoms with Crippen LogP contribution in [0.2, 0.25) is 0 Å². The number of carbonyl (C=O) groups excluding carboxylic acids is 2. The molecule has 5 rings (SSSR count). The smallest absolute Gasteiger partial charge is 0.257 e. The van der Waals surface area contributed by atoms with Crippen LogP contribution in [-0.4, -0.2) is 56.8 Å². The van der Waals surface area contributed by atoms with Crippen LogP contribution in [0.3, 0.4) is 0 Å². The zero-order valence-electron chi connectivity index (χ0n) is 23.5. The van der Waals surface area contributed by atoms with Crippen molar-refractivity contribution in [2.75, 3.05) is 12.4 Å². The number of hydrogen-bond donors (Lipinski definition) is 2. The van der Waals surface area contributed by atoms with Gasteiger partial charge in [-0.1, -0.05) is 0 Å². The molecule has 2 N–H and O–H groups in total. The molecule has 220 valence electrons. The van der Waals surface area contributed by atoms with Crippen molar-refractivity contribution in [2.45, 2.75) is 58.5 Å². The van der Waals surface area contributed by atoms with Gasteiger partial charge in [-0.2, -0.15) is 5.10 Å². The summed E-state index contributed by atoms with van der Waals surface area (Å²) in [6.07, 6.45) is 3.70. The number of hydrogen-bond acceptors (Lipinski definition) is 8. The summed E-state index contributed by atoms with van der Waals surface area (Å²) < 4.78 is 47.6. The molecule has 13 heteroatoms. The summed E-state index contributed by atoms with van der Waals surface area (Å²) in [6.45, 7) is 4.99. The summed E-state index contributed by atoms with van der Waals surface area (Å²) in [5, 5.41) is 9.80. The van der Waals surface area contributed by atoms with Crippen molar-refractivity contribution >= 4 is 23.3 Å². The standard InChI is InChI=1S/C29H30F2N6O5/c1-15-7-21(8-16(2)41-15)42-27-19(9-20(30)11-23(27)31)13-32-28(39)22-10-18(12-33-29(22)40-4)24-5-6-26-35-25(34-17(3)38)14-37(26)36-24/h5-6,9-12,14-16,21H,7-8,13H2,1-4H3,(H,32,39)(H,34,38). The molecule has 11 nitrogen and oxygen atoms in total. The number of aromatic nitrogens is 4. The van der Waals surface area contributed by atoms with Crippen molar-refractivity contribution in [1.29, 1.82) is 0 Å². The van der Waals surface area contributed by atoms with Crippen LogP contribution in [0, 0.1) is 11.6 Å². The Bertz CT molecular complexity index is 1630. The van der Waals surface area contributed by atoms with E-state index in [9.17, 15) is 18.4 Å². The second-order valence-electron chi connectivity index (χ2n) is 10.1. The molecule has 1 saturated heterocycles. The Kier molecular flexibility index (Phi) is 8.29.